The minimum Gasteiger partial charge on any atom is -0.349 e. The highest BCUT2D eigenvalue weighted by molar-refractivity contribution is 5.93. The summed E-state index contributed by atoms with van der Waals surface area (Å²) < 4.78 is 0. The summed E-state index contributed by atoms with van der Waals surface area (Å²) in [7, 11) is 0. The van der Waals surface area contributed by atoms with Crippen molar-refractivity contribution in [3.8, 4) is 0 Å². The molecule has 0 unspecified atom stereocenters. The minimum atomic E-state index is -0.197. The van der Waals surface area contributed by atoms with Gasteiger partial charge in [-0.1, -0.05) is 37.5 Å². The van der Waals surface area contributed by atoms with E-state index in [1.54, 1.807) is 24.3 Å². The molecule has 0 bridgehead atoms. The number of hydrogen-bond acceptors (Lipinski definition) is 2. The van der Waals surface area contributed by atoms with Gasteiger partial charge in [0, 0.05) is 24.2 Å². The van der Waals surface area contributed by atoms with Crippen molar-refractivity contribution in [2.45, 2.75) is 12.8 Å². The molecule has 0 atom stereocenters. The molecule has 0 aromatic rings. The maximum Gasteiger partial charge on any atom is 0.247 e. The lowest BCUT2D eigenvalue weighted by Crippen LogP contribution is -2.24. The van der Waals surface area contributed by atoms with Gasteiger partial charge in [0.25, 0.3) is 0 Å². The van der Waals surface area contributed by atoms with Crippen molar-refractivity contribution in [3.63, 3.8) is 0 Å². The minimum absolute atomic E-state index is 0.197. The van der Waals surface area contributed by atoms with Gasteiger partial charge in [0.15, 0.2) is 0 Å². The van der Waals surface area contributed by atoms with Crippen molar-refractivity contribution in [2.75, 3.05) is 13.1 Å². The summed E-state index contributed by atoms with van der Waals surface area (Å²) in [6.45, 7) is 15.2. The van der Waals surface area contributed by atoms with Gasteiger partial charge < -0.3 is 10.6 Å². The molecular formula is C16H22N2O2. The van der Waals surface area contributed by atoms with Crippen LogP contribution in [0.4, 0.5) is 0 Å². The molecule has 4 heteroatoms. The lowest BCUT2D eigenvalue weighted by Gasteiger charge is -2.04. The fraction of sp³-hybridized carbons (Fsp3) is 0.250. The van der Waals surface area contributed by atoms with Crippen LogP contribution in [0, 0.1) is 0 Å². The Morgan fingerprint density at radius 3 is 1.45 bits per heavy atom. The van der Waals surface area contributed by atoms with E-state index in [9.17, 15) is 9.59 Å². The van der Waals surface area contributed by atoms with Crippen LogP contribution in [0.1, 0.15) is 12.8 Å². The van der Waals surface area contributed by atoms with Gasteiger partial charge in [0.1, 0.15) is 0 Å². The predicted molar refractivity (Wildman–Crippen MR) is 83.1 cm³/mol. The summed E-state index contributed by atoms with van der Waals surface area (Å²) >= 11 is 0. The number of carbonyl (C=O) groups is 2. The first-order valence-electron chi connectivity index (χ1n) is 6.31. The largest absolute Gasteiger partial charge is 0.349 e. The van der Waals surface area contributed by atoms with E-state index in [-0.39, 0.29) is 11.8 Å². The second kappa shape index (κ2) is 10.6. The number of carbonyl (C=O) groups excluding carboxylic acids is 2. The SMILES string of the molecule is C=CCNC(=O)C(=C)C/C=C/CC(=C)C(=O)NCC=C. The van der Waals surface area contributed by atoms with Gasteiger partial charge >= 0.3 is 0 Å². The number of hydrogen-bond donors (Lipinski definition) is 2. The van der Waals surface area contributed by atoms with Crippen LogP contribution in [0.2, 0.25) is 0 Å². The van der Waals surface area contributed by atoms with Crippen molar-refractivity contribution in [1.82, 2.24) is 10.6 Å². The van der Waals surface area contributed by atoms with Crippen LogP contribution in [0.25, 0.3) is 0 Å². The molecule has 0 aromatic heterocycles. The van der Waals surface area contributed by atoms with Crippen LogP contribution in [-0.4, -0.2) is 24.9 Å². The quantitative estimate of drug-likeness (QED) is 0.473. The highest BCUT2D eigenvalue weighted by Crippen LogP contribution is 2.04. The zero-order valence-electron chi connectivity index (χ0n) is 11.8. The van der Waals surface area contributed by atoms with Gasteiger partial charge in [-0.2, -0.15) is 0 Å². The van der Waals surface area contributed by atoms with E-state index in [0.29, 0.717) is 37.1 Å². The summed E-state index contributed by atoms with van der Waals surface area (Å²) in [5.74, 6) is -0.394. The Hall–Kier alpha value is -2.36. The first-order valence-corrected chi connectivity index (χ1v) is 6.31. The van der Waals surface area contributed by atoms with Gasteiger partial charge in [0.05, 0.1) is 0 Å². The van der Waals surface area contributed by atoms with Gasteiger partial charge in [-0.3, -0.25) is 9.59 Å². The van der Waals surface area contributed by atoms with Crippen molar-refractivity contribution < 1.29 is 9.59 Å². The fourth-order valence-electron chi connectivity index (χ4n) is 1.22. The molecule has 0 rings (SSSR count). The molecule has 0 radical (unpaired) electrons. The molecule has 2 amide bonds. The molecule has 4 nitrogen and oxygen atoms in total. The summed E-state index contributed by atoms with van der Waals surface area (Å²) in [5, 5.41) is 5.28. The Kier molecular flexibility index (Phi) is 9.31. The molecule has 0 fully saturated rings. The van der Waals surface area contributed by atoms with Crippen LogP contribution in [0.3, 0.4) is 0 Å². The molecule has 0 aliphatic heterocycles. The van der Waals surface area contributed by atoms with Crippen molar-refractivity contribution in [3.05, 3.63) is 61.8 Å². The highest BCUT2D eigenvalue weighted by Gasteiger charge is 2.04. The van der Waals surface area contributed by atoms with Crippen LogP contribution < -0.4 is 10.6 Å². The van der Waals surface area contributed by atoms with E-state index in [1.165, 1.54) is 0 Å². The average molecular weight is 274 g/mol. The third-order valence-electron chi connectivity index (χ3n) is 2.35. The highest BCUT2D eigenvalue weighted by atomic mass is 16.2. The molecule has 0 heterocycles. The predicted octanol–water partition coefficient (Wildman–Crippen LogP) is 2.04. The van der Waals surface area contributed by atoms with E-state index < -0.39 is 0 Å². The molecule has 0 saturated carbocycles. The summed E-state index contributed by atoms with van der Waals surface area (Å²) in [5.41, 5.74) is 0.926. The Bertz CT molecular complexity index is 394. The van der Waals surface area contributed by atoms with Gasteiger partial charge in [-0.05, 0) is 12.8 Å². The molecule has 0 saturated heterocycles. The van der Waals surface area contributed by atoms with Crippen LogP contribution in [0.5, 0.6) is 0 Å². The lowest BCUT2D eigenvalue weighted by atomic mass is 10.1. The lowest BCUT2D eigenvalue weighted by molar-refractivity contribution is -0.118. The Balaban J connectivity index is 4.01. The maximum atomic E-state index is 11.5. The maximum absolute atomic E-state index is 11.5. The van der Waals surface area contributed by atoms with E-state index >= 15 is 0 Å². The number of rotatable bonds is 10. The standard InChI is InChI=1S/C16H22N2O2/c1-5-11-17-15(19)13(3)9-7-8-10-14(4)16(20)18-12-6-2/h5-8H,1-4,9-12H2,(H,17,19)(H,18,20)/b8-7+. The fourth-order valence-corrected chi connectivity index (χ4v) is 1.22. The van der Waals surface area contributed by atoms with Gasteiger partial charge in [-0.25, -0.2) is 0 Å². The molecule has 2 N–H and O–H groups in total. The van der Waals surface area contributed by atoms with E-state index in [1.807, 2.05) is 0 Å². The molecule has 20 heavy (non-hydrogen) atoms. The molecular weight excluding hydrogens is 252 g/mol. The zero-order valence-corrected chi connectivity index (χ0v) is 11.8. The number of allylic oxidation sites excluding steroid dienone is 2. The molecule has 0 spiro atoms. The number of amides is 2. The van der Waals surface area contributed by atoms with Crippen LogP contribution in [0.15, 0.2) is 61.8 Å². The van der Waals surface area contributed by atoms with Crippen LogP contribution >= 0.6 is 0 Å². The third-order valence-corrected chi connectivity index (χ3v) is 2.35. The Morgan fingerprint density at radius 2 is 1.15 bits per heavy atom. The summed E-state index contributed by atoms with van der Waals surface area (Å²) in [6, 6.07) is 0. The Labute approximate surface area is 120 Å². The van der Waals surface area contributed by atoms with Gasteiger partial charge in [-0.15, -0.1) is 13.2 Å². The molecule has 0 aliphatic carbocycles. The summed E-state index contributed by atoms with van der Waals surface area (Å²) in [6.07, 6.45) is 7.67. The van der Waals surface area contributed by atoms with Crippen LogP contribution in [-0.2, 0) is 9.59 Å². The third kappa shape index (κ3) is 7.87. The van der Waals surface area contributed by atoms with Crippen molar-refractivity contribution in [1.29, 1.82) is 0 Å². The second-order valence-electron chi connectivity index (χ2n) is 4.08. The van der Waals surface area contributed by atoms with Gasteiger partial charge in [0.2, 0.25) is 11.8 Å². The first kappa shape index (κ1) is 17.6. The van der Waals surface area contributed by atoms with Crippen molar-refractivity contribution in [2.24, 2.45) is 0 Å². The monoisotopic (exact) mass is 274 g/mol. The second-order valence-corrected chi connectivity index (χ2v) is 4.08. The van der Waals surface area contributed by atoms with E-state index in [2.05, 4.69) is 36.9 Å². The smallest absolute Gasteiger partial charge is 0.247 e. The van der Waals surface area contributed by atoms with Crippen molar-refractivity contribution >= 4 is 11.8 Å². The van der Waals surface area contributed by atoms with E-state index in [0.717, 1.165) is 0 Å². The molecule has 108 valence electrons. The van der Waals surface area contributed by atoms with E-state index in [4.69, 9.17) is 0 Å². The first-order chi connectivity index (χ1) is 9.52. The molecule has 0 aliphatic rings. The zero-order chi connectivity index (χ0) is 15.4. The number of nitrogens with one attached hydrogen (secondary N) is 2. The average Bonchev–Trinajstić information content (AvgIpc) is 2.45. The topological polar surface area (TPSA) is 58.2 Å². The summed E-state index contributed by atoms with van der Waals surface area (Å²) in [4.78, 5) is 22.9. The Morgan fingerprint density at radius 1 is 0.800 bits per heavy atom. The normalized spacial score (nSPS) is 9.80. The molecule has 0 aromatic carbocycles.